The first-order valence-electron chi connectivity index (χ1n) is 9.67. The number of amides is 2. The van der Waals surface area contributed by atoms with Gasteiger partial charge in [-0.25, -0.2) is 8.91 Å². The van der Waals surface area contributed by atoms with E-state index >= 15 is 0 Å². The largest absolute Gasteiger partial charge is 0.347 e. The second-order valence-corrected chi connectivity index (χ2v) is 7.93. The highest BCUT2D eigenvalue weighted by Crippen LogP contribution is 2.23. The molecule has 4 aromatic rings. The number of nitrogens with zero attached hydrogens (tertiary/aromatic N) is 3. The molecule has 31 heavy (non-hydrogen) atoms. The number of nitrogens with one attached hydrogen (secondary N) is 2. The Bertz CT molecular complexity index is 1280. The molecule has 0 bridgehead atoms. The Morgan fingerprint density at radius 3 is 2.68 bits per heavy atom. The van der Waals surface area contributed by atoms with Crippen molar-refractivity contribution in [3.05, 3.63) is 70.5 Å². The van der Waals surface area contributed by atoms with Gasteiger partial charge in [0.2, 0.25) is 4.96 Å². The highest BCUT2D eigenvalue weighted by atomic mass is 32.1. The number of fused-ring (bicyclic) bond motifs is 1. The molecule has 0 aliphatic carbocycles. The van der Waals surface area contributed by atoms with E-state index in [1.165, 1.54) is 17.4 Å². The van der Waals surface area contributed by atoms with E-state index in [0.29, 0.717) is 28.5 Å². The number of hydrogen-bond donors (Lipinski definition) is 2. The van der Waals surface area contributed by atoms with E-state index in [1.54, 1.807) is 28.8 Å². The van der Waals surface area contributed by atoms with Crippen LogP contribution in [0, 0.1) is 19.7 Å². The molecule has 0 aliphatic rings. The predicted octanol–water partition coefficient (Wildman–Crippen LogP) is 3.51. The van der Waals surface area contributed by atoms with Gasteiger partial charge in [0.1, 0.15) is 5.82 Å². The maximum Gasteiger partial charge on any atom is 0.313 e. The topological polar surface area (TPSA) is 88.4 Å². The van der Waals surface area contributed by atoms with Crippen LogP contribution in [0.5, 0.6) is 0 Å². The first kappa shape index (κ1) is 20.7. The van der Waals surface area contributed by atoms with Crippen LogP contribution in [0.25, 0.3) is 16.3 Å². The van der Waals surface area contributed by atoms with Crippen molar-refractivity contribution >= 4 is 33.8 Å². The smallest absolute Gasteiger partial charge is 0.313 e. The first-order valence-corrected chi connectivity index (χ1v) is 10.5. The average molecular weight is 438 g/mol. The van der Waals surface area contributed by atoms with Crippen molar-refractivity contribution in [1.29, 1.82) is 0 Å². The van der Waals surface area contributed by atoms with Crippen LogP contribution in [-0.4, -0.2) is 33.0 Å². The van der Waals surface area contributed by atoms with Gasteiger partial charge in [0, 0.05) is 24.0 Å². The molecule has 0 fully saturated rings. The maximum atomic E-state index is 14.0. The molecule has 0 saturated carbocycles. The normalized spacial score (nSPS) is 10.9. The highest BCUT2D eigenvalue weighted by molar-refractivity contribution is 7.15. The Hall–Kier alpha value is -3.59. The fourth-order valence-corrected chi connectivity index (χ4v) is 3.90. The lowest BCUT2D eigenvalue weighted by molar-refractivity contribution is -0.136. The lowest BCUT2D eigenvalue weighted by Gasteiger charge is -2.08. The van der Waals surface area contributed by atoms with E-state index in [9.17, 15) is 14.0 Å². The number of thiazole rings is 1. The summed E-state index contributed by atoms with van der Waals surface area (Å²) < 4.78 is 15.6. The number of benzene rings is 2. The van der Waals surface area contributed by atoms with Crippen LogP contribution in [-0.2, 0) is 16.0 Å². The molecule has 0 aliphatic heterocycles. The zero-order valence-electron chi connectivity index (χ0n) is 17.0. The van der Waals surface area contributed by atoms with Crippen LogP contribution in [0.1, 0.15) is 16.8 Å². The van der Waals surface area contributed by atoms with E-state index in [4.69, 9.17) is 0 Å². The molecular weight excluding hydrogens is 417 g/mol. The van der Waals surface area contributed by atoms with Crippen LogP contribution in [0.2, 0.25) is 0 Å². The van der Waals surface area contributed by atoms with E-state index in [2.05, 4.69) is 20.7 Å². The minimum Gasteiger partial charge on any atom is -0.347 e. The van der Waals surface area contributed by atoms with Crippen molar-refractivity contribution in [3.8, 4) is 11.4 Å². The summed E-state index contributed by atoms with van der Waals surface area (Å²) >= 11 is 1.38. The number of anilines is 1. The van der Waals surface area contributed by atoms with Crippen LogP contribution >= 0.6 is 11.3 Å². The molecule has 0 spiro atoms. The van der Waals surface area contributed by atoms with Gasteiger partial charge >= 0.3 is 11.8 Å². The minimum absolute atomic E-state index is 0.250. The van der Waals surface area contributed by atoms with Gasteiger partial charge in [-0.15, -0.1) is 16.4 Å². The quantitative estimate of drug-likeness (QED) is 0.468. The Kier molecular flexibility index (Phi) is 5.77. The van der Waals surface area contributed by atoms with Crippen molar-refractivity contribution in [2.24, 2.45) is 0 Å². The zero-order chi connectivity index (χ0) is 22.0. The molecule has 2 heterocycles. The fourth-order valence-electron chi connectivity index (χ4n) is 3.04. The Labute approximate surface area is 181 Å². The maximum absolute atomic E-state index is 14.0. The van der Waals surface area contributed by atoms with Gasteiger partial charge in [0.05, 0.1) is 11.3 Å². The number of rotatable bonds is 5. The second-order valence-electron chi connectivity index (χ2n) is 7.10. The molecule has 9 heteroatoms. The second kappa shape index (κ2) is 8.65. The summed E-state index contributed by atoms with van der Waals surface area (Å²) in [7, 11) is 0. The van der Waals surface area contributed by atoms with Gasteiger partial charge in [0.15, 0.2) is 5.82 Å². The summed E-state index contributed by atoms with van der Waals surface area (Å²) in [5, 5.41) is 11.5. The number of halogens is 1. The Balaban J connectivity index is 1.37. The number of carbonyl (C=O) groups is 2. The van der Waals surface area contributed by atoms with Crippen molar-refractivity contribution in [3.63, 3.8) is 0 Å². The van der Waals surface area contributed by atoms with Gasteiger partial charge in [-0.3, -0.25) is 9.59 Å². The van der Waals surface area contributed by atoms with Crippen LogP contribution < -0.4 is 10.6 Å². The molecule has 2 N–H and O–H groups in total. The Morgan fingerprint density at radius 2 is 1.90 bits per heavy atom. The molecule has 0 unspecified atom stereocenters. The van der Waals surface area contributed by atoms with E-state index in [0.717, 1.165) is 16.8 Å². The minimum atomic E-state index is -0.721. The van der Waals surface area contributed by atoms with Crippen molar-refractivity contribution in [2.45, 2.75) is 20.3 Å². The number of aryl methyl sites for hydroxylation is 2. The number of carbonyl (C=O) groups excluding carboxylic acids is 2. The zero-order valence-corrected chi connectivity index (χ0v) is 17.8. The van der Waals surface area contributed by atoms with Crippen molar-refractivity contribution < 1.29 is 14.0 Å². The van der Waals surface area contributed by atoms with E-state index in [-0.39, 0.29) is 12.4 Å². The summed E-state index contributed by atoms with van der Waals surface area (Å²) in [6.45, 7) is 4.16. The Morgan fingerprint density at radius 1 is 1.10 bits per heavy atom. The number of hydrogen-bond acceptors (Lipinski definition) is 5. The SMILES string of the molecule is Cc1ccc(NC(=O)C(=O)NCCc2csc3nc(-c4ccccc4F)nn23)cc1C. The number of aromatic nitrogens is 3. The monoisotopic (exact) mass is 437 g/mol. The molecule has 2 aromatic carbocycles. The summed E-state index contributed by atoms with van der Waals surface area (Å²) in [6.07, 6.45) is 0.447. The third-order valence-electron chi connectivity index (χ3n) is 4.90. The molecule has 2 aromatic heterocycles. The van der Waals surface area contributed by atoms with Crippen LogP contribution in [0.15, 0.2) is 47.8 Å². The fraction of sp³-hybridized carbons (Fsp3) is 0.182. The van der Waals surface area contributed by atoms with Gasteiger partial charge in [-0.05, 0) is 49.2 Å². The average Bonchev–Trinajstić information content (AvgIpc) is 3.32. The summed E-state index contributed by atoms with van der Waals surface area (Å²) in [6, 6.07) is 11.8. The summed E-state index contributed by atoms with van der Waals surface area (Å²) in [4.78, 5) is 29.2. The standard InChI is InChI=1S/C22H20FN5O2S/c1-13-7-8-15(11-14(13)2)25-21(30)20(29)24-10-9-16-12-31-22-26-19(27-28(16)22)17-5-3-4-6-18(17)23/h3-8,11-12H,9-10H2,1-2H3,(H,24,29)(H,25,30). The molecule has 2 amide bonds. The third-order valence-corrected chi connectivity index (χ3v) is 5.77. The molecule has 4 rings (SSSR count). The molecule has 7 nitrogen and oxygen atoms in total. The molecule has 0 saturated heterocycles. The van der Waals surface area contributed by atoms with Gasteiger partial charge < -0.3 is 10.6 Å². The highest BCUT2D eigenvalue weighted by Gasteiger charge is 2.16. The lowest BCUT2D eigenvalue weighted by Crippen LogP contribution is -2.36. The molecule has 0 radical (unpaired) electrons. The third kappa shape index (κ3) is 4.46. The van der Waals surface area contributed by atoms with Crippen molar-refractivity contribution in [2.75, 3.05) is 11.9 Å². The molecule has 0 atom stereocenters. The van der Waals surface area contributed by atoms with E-state index in [1.807, 2.05) is 31.4 Å². The van der Waals surface area contributed by atoms with Crippen molar-refractivity contribution in [1.82, 2.24) is 19.9 Å². The van der Waals surface area contributed by atoms with Gasteiger partial charge in [-0.1, -0.05) is 18.2 Å². The summed E-state index contributed by atoms with van der Waals surface area (Å²) in [5.74, 6) is -1.51. The predicted molar refractivity (Wildman–Crippen MR) is 118 cm³/mol. The summed E-state index contributed by atoms with van der Waals surface area (Å²) in [5.41, 5.74) is 3.86. The van der Waals surface area contributed by atoms with Crippen LogP contribution in [0.3, 0.4) is 0 Å². The van der Waals surface area contributed by atoms with Gasteiger partial charge in [-0.2, -0.15) is 4.98 Å². The lowest BCUT2D eigenvalue weighted by atomic mass is 10.1. The van der Waals surface area contributed by atoms with E-state index < -0.39 is 11.8 Å². The molecule has 158 valence electrons. The van der Waals surface area contributed by atoms with Gasteiger partial charge in [0.25, 0.3) is 0 Å². The van der Waals surface area contributed by atoms with Crippen LogP contribution in [0.4, 0.5) is 10.1 Å². The first-order chi connectivity index (χ1) is 14.9. The molecular formula is C22H20FN5O2S.